The first-order valence-electron chi connectivity index (χ1n) is 18.5. The van der Waals surface area contributed by atoms with Crippen molar-refractivity contribution in [2.24, 2.45) is 11.3 Å². The predicted octanol–water partition coefficient (Wildman–Crippen LogP) is 7.71. The number of carbonyl (C=O) groups is 1. The number of fused-ring (bicyclic) bond motifs is 2. The number of benzene rings is 2. The van der Waals surface area contributed by atoms with Crippen molar-refractivity contribution in [3.8, 4) is 23.2 Å². The summed E-state index contributed by atoms with van der Waals surface area (Å²) in [6, 6.07) is 8.15. The van der Waals surface area contributed by atoms with Crippen LogP contribution in [0.1, 0.15) is 50.7 Å². The van der Waals surface area contributed by atoms with Gasteiger partial charge in [-0.05, 0) is 65.3 Å². The topological polar surface area (TPSA) is 133 Å². The van der Waals surface area contributed by atoms with E-state index in [1.54, 1.807) is 50.8 Å². The van der Waals surface area contributed by atoms with Crippen LogP contribution in [0.3, 0.4) is 0 Å². The minimum atomic E-state index is -2.77. The van der Waals surface area contributed by atoms with Crippen molar-refractivity contribution in [1.82, 2.24) is 14.9 Å². The highest BCUT2D eigenvalue weighted by Crippen LogP contribution is 2.46. The Hall–Kier alpha value is -3.94. The molecule has 16 heteroatoms. The number of nitriles is 1. The largest absolute Gasteiger partial charge is 0.463 e. The molecule has 6 rings (SSSR count). The van der Waals surface area contributed by atoms with Crippen molar-refractivity contribution < 1.29 is 41.4 Å². The molecule has 284 valence electrons. The summed E-state index contributed by atoms with van der Waals surface area (Å²) < 4.78 is 87.3. The van der Waals surface area contributed by atoms with Crippen molar-refractivity contribution in [2.75, 3.05) is 63.2 Å². The van der Waals surface area contributed by atoms with Crippen LogP contribution in [0.15, 0.2) is 24.3 Å². The van der Waals surface area contributed by atoms with E-state index in [1.165, 1.54) is 13.0 Å². The Kier molecular flexibility index (Phi) is 9.66. The van der Waals surface area contributed by atoms with Gasteiger partial charge in [-0.1, -0.05) is 30.7 Å². The lowest BCUT2D eigenvalue weighted by atomic mass is 9.73. The van der Waals surface area contributed by atoms with E-state index in [1.807, 2.05) is 0 Å². The second-order valence-corrected chi connectivity index (χ2v) is 16.5. The summed E-state index contributed by atoms with van der Waals surface area (Å²) in [5, 5.41) is 24.6. The molecule has 1 amide bonds. The molecule has 0 unspecified atom stereocenters. The zero-order valence-corrected chi connectivity index (χ0v) is 31.4. The van der Waals surface area contributed by atoms with Gasteiger partial charge in [-0.3, -0.25) is 5.32 Å². The third-order valence-electron chi connectivity index (χ3n) is 9.30. The van der Waals surface area contributed by atoms with Crippen LogP contribution in [0.4, 0.5) is 28.8 Å². The summed E-state index contributed by atoms with van der Waals surface area (Å²) in [5.74, 6) is -2.00. The molecule has 2 aliphatic heterocycles. The van der Waals surface area contributed by atoms with Gasteiger partial charge in [-0.15, -0.1) is 11.3 Å². The van der Waals surface area contributed by atoms with Gasteiger partial charge in [-0.25, -0.2) is 18.0 Å². The number of amides is 1. The van der Waals surface area contributed by atoms with Crippen LogP contribution >= 0.6 is 22.9 Å². The van der Waals surface area contributed by atoms with Crippen molar-refractivity contribution in [3.63, 3.8) is 0 Å². The first kappa shape index (κ1) is 34.8. The lowest BCUT2D eigenvalue weighted by Gasteiger charge is -2.44. The van der Waals surface area contributed by atoms with E-state index >= 15 is 4.39 Å². The number of carbonyl (C=O) groups excluding carboxylic acids is 1. The first-order valence-corrected chi connectivity index (χ1v) is 18.2. The Morgan fingerprint density at radius 2 is 2.08 bits per heavy atom. The van der Waals surface area contributed by atoms with Gasteiger partial charge in [0.25, 0.3) is 0 Å². The molecule has 0 bridgehead atoms. The summed E-state index contributed by atoms with van der Waals surface area (Å²) in [6.07, 6.45) is -3.64. The highest BCUT2D eigenvalue weighted by molar-refractivity contribution is 7.23. The van der Waals surface area contributed by atoms with E-state index in [0.717, 1.165) is 16.2 Å². The Morgan fingerprint density at radius 3 is 2.77 bits per heavy atom. The Morgan fingerprint density at radius 1 is 1.30 bits per heavy atom. The molecule has 2 N–H and O–H groups in total. The van der Waals surface area contributed by atoms with Gasteiger partial charge in [0.1, 0.15) is 33.6 Å². The molecular weight excluding hydrogens is 733 g/mol. The SMILES string of the molecule is [2H]C([2H])([2H])N1CC[C@H](C(F)F)[C@](C)(COc2nc(N3CCOC[C@@](C)(O)C3)c3cc(Cl)c(-c4cccc5sc(NC(=O)OC(C)(C)C)c(C#N)c45)c(F)c3n2)C1. The lowest BCUT2D eigenvalue weighted by molar-refractivity contribution is -0.0679. The minimum absolute atomic E-state index is 0.00538. The van der Waals surface area contributed by atoms with Crippen LogP contribution in [-0.2, 0) is 9.47 Å². The summed E-state index contributed by atoms with van der Waals surface area (Å²) in [7, 11) is 0. The number of piperidine rings is 1. The molecule has 2 aliphatic rings. The maximum atomic E-state index is 17.3. The number of aliphatic hydroxyl groups is 1. The predicted molar refractivity (Wildman–Crippen MR) is 199 cm³/mol. The van der Waals surface area contributed by atoms with E-state index in [9.17, 15) is 23.9 Å². The number of ether oxygens (including phenoxy) is 3. The third-order valence-corrected chi connectivity index (χ3v) is 10.7. The maximum Gasteiger partial charge on any atom is 0.412 e. The standard InChI is InChI=1S/C37H42ClF3N6O5S/c1-35(2,3)52-34(48)45-32-22(15-42)26-20(8-7-9-25(26)53-32)27-24(38)14-21-29(28(27)39)43-33(44-31(21)47-12-13-50-19-37(5,49)17-47)51-18-36(4)16-46(6)11-10-23(36)30(40)41/h7-9,14,23,30,49H,10-13,16-19H2,1-6H3,(H,45,48)/t23-,36+,37+/m1/s1/i6D3. The van der Waals surface area contributed by atoms with Gasteiger partial charge in [0.05, 0.1) is 37.0 Å². The fourth-order valence-electron chi connectivity index (χ4n) is 6.93. The third kappa shape index (κ3) is 8.12. The molecule has 2 aromatic heterocycles. The van der Waals surface area contributed by atoms with Crippen LogP contribution < -0.4 is 15.0 Å². The monoisotopic (exact) mass is 777 g/mol. The number of aromatic nitrogens is 2. The smallest absolute Gasteiger partial charge is 0.412 e. The average Bonchev–Trinajstić information content (AvgIpc) is 3.33. The van der Waals surface area contributed by atoms with Gasteiger partial charge in [0, 0.05) is 49.6 Å². The normalized spacial score (nSPS) is 24.0. The quantitative estimate of drug-likeness (QED) is 0.192. The number of halogens is 4. The fraction of sp³-hybridized carbons (Fsp3) is 0.514. The molecule has 0 saturated carbocycles. The van der Waals surface area contributed by atoms with E-state index in [4.69, 9.17) is 29.9 Å². The number of likely N-dealkylation sites (tertiary alicyclic amines) is 1. The molecule has 0 radical (unpaired) electrons. The van der Waals surface area contributed by atoms with Crippen LogP contribution in [-0.4, -0.2) is 96.7 Å². The van der Waals surface area contributed by atoms with E-state index in [-0.39, 0.29) is 95.3 Å². The summed E-state index contributed by atoms with van der Waals surface area (Å²) in [4.78, 5) is 24.5. The summed E-state index contributed by atoms with van der Waals surface area (Å²) in [5.41, 5.74) is -3.60. The minimum Gasteiger partial charge on any atom is -0.463 e. The number of hydrogen-bond donors (Lipinski definition) is 2. The number of nitrogens with one attached hydrogen (secondary N) is 1. The fourth-order valence-corrected chi connectivity index (χ4v) is 8.29. The first-order chi connectivity index (χ1) is 26.1. The molecule has 2 fully saturated rings. The molecule has 4 heterocycles. The van der Waals surface area contributed by atoms with Gasteiger partial charge >= 0.3 is 12.1 Å². The van der Waals surface area contributed by atoms with E-state index in [2.05, 4.69) is 21.4 Å². The number of thiophene rings is 1. The summed E-state index contributed by atoms with van der Waals surface area (Å²) >= 11 is 8.00. The molecule has 0 aliphatic carbocycles. The number of β-amino-alcohol motifs (C(OH)–C–C–N with tert-alkyl or cyclic N) is 1. The molecule has 0 spiro atoms. The second kappa shape index (κ2) is 14.7. The molecule has 3 atom stereocenters. The van der Waals surface area contributed by atoms with Crippen molar-refractivity contribution >= 4 is 60.8 Å². The van der Waals surface area contributed by atoms with Gasteiger partial charge < -0.3 is 29.1 Å². The van der Waals surface area contributed by atoms with Crippen molar-refractivity contribution in [3.05, 3.63) is 40.7 Å². The van der Waals surface area contributed by atoms with E-state index in [0.29, 0.717) is 10.1 Å². The number of anilines is 2. The highest BCUT2D eigenvalue weighted by atomic mass is 35.5. The highest BCUT2D eigenvalue weighted by Gasteiger charge is 2.44. The van der Waals surface area contributed by atoms with Crippen molar-refractivity contribution in [1.29, 1.82) is 5.26 Å². The molecule has 2 saturated heterocycles. The number of nitrogens with zero attached hydrogens (tertiary/aromatic N) is 5. The zero-order valence-electron chi connectivity index (χ0n) is 32.9. The van der Waals surface area contributed by atoms with Crippen LogP contribution in [0.5, 0.6) is 6.01 Å². The molecule has 2 aromatic carbocycles. The molecule has 53 heavy (non-hydrogen) atoms. The molecule has 11 nitrogen and oxygen atoms in total. The lowest BCUT2D eigenvalue weighted by Crippen LogP contribution is -2.51. The van der Waals surface area contributed by atoms with Crippen LogP contribution in [0.25, 0.3) is 32.1 Å². The Labute approximate surface area is 318 Å². The van der Waals surface area contributed by atoms with Crippen LogP contribution in [0, 0.1) is 28.5 Å². The number of rotatable bonds is 7. The molecule has 4 aromatic rings. The van der Waals surface area contributed by atoms with Gasteiger partial charge in [0.2, 0.25) is 6.43 Å². The van der Waals surface area contributed by atoms with Gasteiger partial charge in [-0.2, -0.15) is 15.2 Å². The van der Waals surface area contributed by atoms with Gasteiger partial charge in [0.15, 0.2) is 5.82 Å². The number of alkyl halides is 2. The van der Waals surface area contributed by atoms with Crippen LogP contribution in [0.2, 0.25) is 5.02 Å². The Bertz CT molecular complexity index is 2200. The number of hydrogen-bond acceptors (Lipinski definition) is 11. The van der Waals surface area contributed by atoms with Crippen molar-refractivity contribution in [2.45, 2.75) is 58.7 Å². The Balaban J connectivity index is 1.49. The molecular formula is C37H42ClF3N6O5S. The summed E-state index contributed by atoms with van der Waals surface area (Å²) in [6.45, 7) is 5.39. The van der Waals surface area contributed by atoms with E-state index < -0.39 is 54.5 Å². The second-order valence-electron chi connectivity index (χ2n) is 15.1. The maximum absolute atomic E-state index is 17.3. The zero-order chi connectivity index (χ0) is 41.0. The average molecular weight is 778 g/mol.